The Morgan fingerprint density at radius 1 is 1.03 bits per heavy atom. The molecule has 0 aliphatic carbocycles. The average molecular weight is 483 g/mol. The van der Waals surface area contributed by atoms with E-state index in [-0.39, 0.29) is 16.8 Å². The lowest BCUT2D eigenvalue weighted by Gasteiger charge is -2.13. The molecule has 0 aliphatic rings. The summed E-state index contributed by atoms with van der Waals surface area (Å²) in [4.78, 5) is 13.3. The number of Topliss-reactive ketones (excluding diaryl/α,β-unsaturated/α-hetero) is 1. The smallest absolute Gasteiger partial charge is 0.387 e. The van der Waals surface area contributed by atoms with E-state index in [4.69, 9.17) is 0 Å². The standard InChI is InChI=1S/C25H24F2N4O2S/c1-15-14-21(16(2)31(15)19-10-12-20(13-11-19)33-24(26)27)22(32)17(3)34-25-29-28-23(30(25)4)18-8-6-5-7-9-18/h5-14,17,24H,1-4H3. The first kappa shape index (κ1) is 23.7. The van der Waals surface area contributed by atoms with Crippen LogP contribution in [0.1, 0.15) is 28.7 Å². The van der Waals surface area contributed by atoms with Gasteiger partial charge in [-0.1, -0.05) is 42.1 Å². The highest BCUT2D eigenvalue weighted by Gasteiger charge is 2.24. The van der Waals surface area contributed by atoms with E-state index in [1.807, 2.05) is 73.4 Å². The minimum Gasteiger partial charge on any atom is -0.435 e. The van der Waals surface area contributed by atoms with Gasteiger partial charge in [0.25, 0.3) is 0 Å². The van der Waals surface area contributed by atoms with Crippen molar-refractivity contribution < 1.29 is 18.3 Å². The highest BCUT2D eigenvalue weighted by molar-refractivity contribution is 8.00. The molecule has 176 valence electrons. The van der Waals surface area contributed by atoms with Crippen molar-refractivity contribution >= 4 is 17.5 Å². The molecule has 2 heterocycles. The van der Waals surface area contributed by atoms with E-state index in [1.54, 1.807) is 12.1 Å². The van der Waals surface area contributed by atoms with Gasteiger partial charge in [0.2, 0.25) is 0 Å². The second-order valence-corrected chi connectivity index (χ2v) is 9.16. The Kier molecular flexibility index (Phi) is 6.83. The Balaban J connectivity index is 1.54. The molecule has 1 unspecified atom stereocenters. The number of thioether (sulfide) groups is 1. The fourth-order valence-corrected chi connectivity index (χ4v) is 4.76. The Bertz CT molecular complexity index is 1300. The van der Waals surface area contributed by atoms with E-state index < -0.39 is 6.61 Å². The van der Waals surface area contributed by atoms with E-state index in [1.165, 1.54) is 23.9 Å². The van der Waals surface area contributed by atoms with E-state index in [0.717, 1.165) is 28.5 Å². The lowest BCUT2D eigenvalue weighted by Crippen LogP contribution is -2.15. The van der Waals surface area contributed by atoms with Gasteiger partial charge in [-0.25, -0.2) is 0 Å². The predicted octanol–water partition coefficient (Wildman–Crippen LogP) is 5.85. The summed E-state index contributed by atoms with van der Waals surface area (Å²) in [5.74, 6) is 0.799. The molecule has 0 saturated heterocycles. The van der Waals surface area contributed by atoms with Gasteiger partial charge in [0.05, 0.1) is 5.25 Å². The summed E-state index contributed by atoms with van der Waals surface area (Å²) < 4.78 is 33.1. The molecule has 6 nitrogen and oxygen atoms in total. The summed E-state index contributed by atoms with van der Waals surface area (Å²) in [6.45, 7) is 2.76. The molecule has 2 aromatic heterocycles. The molecule has 0 spiro atoms. The lowest BCUT2D eigenvalue weighted by molar-refractivity contribution is -0.0498. The SMILES string of the molecule is Cc1cc(C(=O)C(C)Sc2nnc(-c3ccccc3)n2C)c(C)n1-c1ccc(OC(F)F)cc1. The van der Waals surface area contributed by atoms with Gasteiger partial charge in [-0.05, 0) is 51.1 Å². The van der Waals surface area contributed by atoms with Crippen LogP contribution in [0.3, 0.4) is 0 Å². The van der Waals surface area contributed by atoms with Crippen LogP contribution in [-0.2, 0) is 7.05 Å². The van der Waals surface area contributed by atoms with Crippen LogP contribution in [0.5, 0.6) is 5.75 Å². The first-order chi connectivity index (χ1) is 16.3. The molecular formula is C25H24F2N4O2S. The van der Waals surface area contributed by atoms with E-state index in [9.17, 15) is 13.6 Å². The lowest BCUT2D eigenvalue weighted by atomic mass is 10.1. The van der Waals surface area contributed by atoms with Gasteiger partial charge in [-0.15, -0.1) is 10.2 Å². The Morgan fingerprint density at radius 2 is 1.71 bits per heavy atom. The molecule has 4 rings (SSSR count). The summed E-state index contributed by atoms with van der Waals surface area (Å²) in [7, 11) is 1.88. The maximum absolute atomic E-state index is 13.3. The van der Waals surface area contributed by atoms with Crippen molar-refractivity contribution in [2.24, 2.45) is 7.05 Å². The summed E-state index contributed by atoms with van der Waals surface area (Å²) in [6.07, 6.45) is 0. The van der Waals surface area contributed by atoms with Crippen molar-refractivity contribution in [3.63, 3.8) is 0 Å². The zero-order valence-corrected chi connectivity index (χ0v) is 20.0. The summed E-state index contributed by atoms with van der Waals surface area (Å²) >= 11 is 1.36. The fraction of sp³-hybridized carbons (Fsp3) is 0.240. The summed E-state index contributed by atoms with van der Waals surface area (Å²) in [5.41, 5.74) is 3.97. The normalized spacial score (nSPS) is 12.2. The number of halogens is 2. The second kappa shape index (κ2) is 9.80. The van der Waals surface area contributed by atoms with Crippen LogP contribution in [0.15, 0.2) is 65.8 Å². The molecular weight excluding hydrogens is 458 g/mol. The van der Waals surface area contributed by atoms with Crippen LogP contribution in [0, 0.1) is 13.8 Å². The molecule has 0 fully saturated rings. The maximum atomic E-state index is 13.3. The number of aryl methyl sites for hydroxylation is 1. The number of ether oxygens (including phenoxy) is 1. The molecule has 0 amide bonds. The molecule has 0 radical (unpaired) electrons. The maximum Gasteiger partial charge on any atom is 0.387 e. The van der Waals surface area contributed by atoms with Gasteiger partial charge in [-0.2, -0.15) is 8.78 Å². The van der Waals surface area contributed by atoms with Gasteiger partial charge in [-0.3, -0.25) is 4.79 Å². The zero-order chi connectivity index (χ0) is 24.4. The zero-order valence-electron chi connectivity index (χ0n) is 19.2. The van der Waals surface area contributed by atoms with Crippen molar-refractivity contribution in [1.82, 2.24) is 19.3 Å². The van der Waals surface area contributed by atoms with Crippen molar-refractivity contribution in [3.8, 4) is 22.8 Å². The van der Waals surface area contributed by atoms with E-state index >= 15 is 0 Å². The van der Waals surface area contributed by atoms with Crippen LogP contribution in [0.25, 0.3) is 17.1 Å². The number of hydrogen-bond acceptors (Lipinski definition) is 5. The van der Waals surface area contributed by atoms with Gasteiger partial charge in [0, 0.05) is 35.2 Å². The third-order valence-corrected chi connectivity index (χ3v) is 6.67. The van der Waals surface area contributed by atoms with Crippen LogP contribution in [-0.4, -0.2) is 37.0 Å². The molecule has 0 N–H and O–H groups in total. The van der Waals surface area contributed by atoms with Crippen LogP contribution >= 0.6 is 11.8 Å². The summed E-state index contributed by atoms with van der Waals surface area (Å²) in [6, 6.07) is 18.0. The third kappa shape index (κ3) is 4.75. The first-order valence-corrected chi connectivity index (χ1v) is 11.5. The van der Waals surface area contributed by atoms with Crippen LogP contribution < -0.4 is 4.74 Å². The number of hydrogen-bond donors (Lipinski definition) is 0. The number of benzene rings is 2. The average Bonchev–Trinajstić information content (AvgIpc) is 3.32. The van der Waals surface area contributed by atoms with Crippen molar-refractivity contribution in [2.75, 3.05) is 0 Å². The predicted molar refractivity (Wildman–Crippen MR) is 128 cm³/mol. The highest BCUT2D eigenvalue weighted by atomic mass is 32.2. The molecule has 34 heavy (non-hydrogen) atoms. The molecule has 0 aliphatic heterocycles. The first-order valence-electron chi connectivity index (χ1n) is 10.7. The topological polar surface area (TPSA) is 61.9 Å². The number of nitrogens with zero attached hydrogens (tertiary/aromatic N) is 4. The summed E-state index contributed by atoms with van der Waals surface area (Å²) in [5, 5.41) is 8.84. The van der Waals surface area contributed by atoms with Crippen LogP contribution in [0.2, 0.25) is 0 Å². The van der Waals surface area contributed by atoms with Gasteiger partial charge in [0.1, 0.15) is 5.75 Å². The third-order valence-electron chi connectivity index (χ3n) is 5.53. The number of rotatable bonds is 8. The Hall–Kier alpha value is -3.46. The molecule has 4 aromatic rings. The second-order valence-electron chi connectivity index (χ2n) is 7.85. The minimum absolute atomic E-state index is 0.0220. The van der Waals surface area contributed by atoms with Crippen LogP contribution in [0.4, 0.5) is 8.78 Å². The monoisotopic (exact) mass is 482 g/mol. The largest absolute Gasteiger partial charge is 0.435 e. The quantitative estimate of drug-likeness (QED) is 0.233. The fourth-order valence-electron chi connectivity index (χ4n) is 3.87. The van der Waals surface area contributed by atoms with Gasteiger partial charge >= 0.3 is 6.61 Å². The number of carbonyl (C=O) groups excluding carboxylic acids is 1. The minimum atomic E-state index is -2.87. The number of alkyl halides is 2. The number of aromatic nitrogens is 4. The van der Waals surface area contributed by atoms with Gasteiger partial charge in [0.15, 0.2) is 16.8 Å². The molecule has 0 bridgehead atoms. The van der Waals surface area contributed by atoms with E-state index in [0.29, 0.717) is 10.7 Å². The number of ketones is 1. The molecule has 0 saturated carbocycles. The molecule has 2 aromatic carbocycles. The Morgan fingerprint density at radius 3 is 2.35 bits per heavy atom. The van der Waals surface area contributed by atoms with E-state index in [2.05, 4.69) is 14.9 Å². The van der Waals surface area contributed by atoms with Crippen molar-refractivity contribution in [2.45, 2.75) is 37.8 Å². The van der Waals surface area contributed by atoms with Crippen molar-refractivity contribution in [1.29, 1.82) is 0 Å². The van der Waals surface area contributed by atoms with Gasteiger partial charge < -0.3 is 13.9 Å². The molecule has 9 heteroatoms. The highest BCUT2D eigenvalue weighted by Crippen LogP contribution is 2.30. The number of carbonyl (C=O) groups is 1. The Labute approximate surface area is 200 Å². The molecule has 1 atom stereocenters. The van der Waals surface area contributed by atoms with Crippen molar-refractivity contribution in [3.05, 3.63) is 77.6 Å².